The van der Waals surface area contributed by atoms with Gasteiger partial charge in [-0.05, 0) is 48.5 Å². The zero-order valence-corrected chi connectivity index (χ0v) is 18.6. The molecule has 0 radical (unpaired) electrons. The van der Waals surface area contributed by atoms with Gasteiger partial charge in [0.1, 0.15) is 5.82 Å². The van der Waals surface area contributed by atoms with Crippen LogP contribution in [0.2, 0.25) is 5.02 Å². The molecule has 0 saturated carbocycles. The average molecular weight is 481 g/mol. The van der Waals surface area contributed by atoms with E-state index >= 15 is 0 Å². The van der Waals surface area contributed by atoms with E-state index in [0.717, 1.165) is 13.2 Å². The van der Waals surface area contributed by atoms with Crippen LogP contribution in [0.5, 0.6) is 5.88 Å². The van der Waals surface area contributed by atoms with Gasteiger partial charge in [0, 0.05) is 21.7 Å². The fourth-order valence-electron chi connectivity index (χ4n) is 3.50. The topological polar surface area (TPSA) is 86.6 Å². The van der Waals surface area contributed by atoms with Crippen LogP contribution >= 0.6 is 11.6 Å². The van der Waals surface area contributed by atoms with Gasteiger partial charge in [0.25, 0.3) is 5.91 Å². The lowest BCUT2D eigenvalue weighted by atomic mass is 10.1. The molecule has 0 saturated heterocycles. The minimum absolute atomic E-state index is 0.00571. The number of para-hydroxylation sites is 1. The van der Waals surface area contributed by atoms with Crippen LogP contribution in [0, 0.1) is 5.82 Å². The molecular formula is C25H18ClFN2O5. The molecule has 0 aliphatic carbocycles. The molecule has 0 aliphatic rings. The van der Waals surface area contributed by atoms with Crippen LogP contribution in [0.4, 0.5) is 9.18 Å². The fourth-order valence-corrected chi connectivity index (χ4v) is 3.67. The summed E-state index contributed by atoms with van der Waals surface area (Å²) in [5.41, 5.74) is 0.562. The second-order valence-corrected chi connectivity index (χ2v) is 7.63. The lowest BCUT2D eigenvalue weighted by molar-refractivity contribution is 0.0950. The standard InChI is InChI=1S/C25H18ClFN2O5/c1-33-25(32)34-24-20(14-28-23(31)15-6-5-7-17(27)12-15)22(30)19-11-10-16(26)13-21(19)29(24)18-8-3-2-4-9-18/h2-13H,14H2,1H3,(H,28,31). The molecule has 9 heteroatoms. The Kier molecular flexibility index (Phi) is 6.60. The number of hydrogen-bond donors (Lipinski definition) is 1. The monoisotopic (exact) mass is 480 g/mol. The number of ether oxygens (including phenoxy) is 2. The van der Waals surface area contributed by atoms with E-state index in [1.54, 1.807) is 47.0 Å². The highest BCUT2D eigenvalue weighted by Gasteiger charge is 2.23. The van der Waals surface area contributed by atoms with Gasteiger partial charge in [-0.15, -0.1) is 0 Å². The molecule has 0 unspecified atom stereocenters. The van der Waals surface area contributed by atoms with Crippen LogP contribution in [-0.2, 0) is 11.3 Å². The average Bonchev–Trinajstić information content (AvgIpc) is 2.84. The van der Waals surface area contributed by atoms with Gasteiger partial charge in [-0.3, -0.25) is 14.2 Å². The Morgan fingerprint density at radius 1 is 1.03 bits per heavy atom. The number of carbonyl (C=O) groups is 2. The first-order chi connectivity index (χ1) is 16.4. The second-order valence-electron chi connectivity index (χ2n) is 7.19. The zero-order valence-electron chi connectivity index (χ0n) is 17.9. The molecule has 7 nitrogen and oxygen atoms in total. The lowest BCUT2D eigenvalue weighted by Crippen LogP contribution is -2.29. The molecule has 172 valence electrons. The number of pyridine rings is 1. The summed E-state index contributed by atoms with van der Waals surface area (Å²) in [6.45, 7) is -0.300. The van der Waals surface area contributed by atoms with Crippen molar-refractivity contribution in [1.29, 1.82) is 0 Å². The molecule has 0 atom stereocenters. The highest BCUT2D eigenvalue weighted by atomic mass is 35.5. The molecule has 0 spiro atoms. The summed E-state index contributed by atoms with van der Waals surface area (Å²) in [6, 6.07) is 18.7. The van der Waals surface area contributed by atoms with E-state index in [1.165, 1.54) is 18.2 Å². The summed E-state index contributed by atoms with van der Waals surface area (Å²) < 4.78 is 25.1. The van der Waals surface area contributed by atoms with Crippen LogP contribution in [0.15, 0.2) is 77.6 Å². The Morgan fingerprint density at radius 3 is 2.50 bits per heavy atom. The number of nitrogens with one attached hydrogen (secondary N) is 1. The SMILES string of the molecule is COC(=O)Oc1c(CNC(=O)c2cccc(F)c2)c(=O)c2ccc(Cl)cc2n1-c1ccccc1. The third kappa shape index (κ3) is 4.62. The summed E-state index contributed by atoms with van der Waals surface area (Å²) in [6.07, 6.45) is -1.05. The van der Waals surface area contributed by atoms with Crippen LogP contribution in [0.1, 0.15) is 15.9 Å². The summed E-state index contributed by atoms with van der Waals surface area (Å²) in [5.74, 6) is -1.32. The van der Waals surface area contributed by atoms with Gasteiger partial charge in [0.15, 0.2) is 5.43 Å². The number of amides is 1. The number of fused-ring (bicyclic) bond motifs is 1. The molecule has 3 aromatic carbocycles. The van der Waals surface area contributed by atoms with E-state index in [1.807, 2.05) is 6.07 Å². The Balaban J connectivity index is 1.91. The molecule has 34 heavy (non-hydrogen) atoms. The second kappa shape index (κ2) is 9.76. The van der Waals surface area contributed by atoms with Crippen molar-refractivity contribution in [3.05, 3.63) is 105 Å². The van der Waals surface area contributed by atoms with Crippen LogP contribution in [-0.4, -0.2) is 23.7 Å². The van der Waals surface area contributed by atoms with Crippen molar-refractivity contribution in [1.82, 2.24) is 9.88 Å². The first-order valence-electron chi connectivity index (χ1n) is 10.1. The van der Waals surface area contributed by atoms with Crippen molar-refractivity contribution in [3.63, 3.8) is 0 Å². The fraction of sp³-hybridized carbons (Fsp3) is 0.0800. The smallest absolute Gasteiger partial charge is 0.437 e. The van der Waals surface area contributed by atoms with E-state index < -0.39 is 23.3 Å². The van der Waals surface area contributed by atoms with E-state index in [4.69, 9.17) is 16.3 Å². The lowest BCUT2D eigenvalue weighted by Gasteiger charge is -2.20. The van der Waals surface area contributed by atoms with Gasteiger partial charge in [0.2, 0.25) is 5.88 Å². The molecule has 4 rings (SSSR count). The highest BCUT2D eigenvalue weighted by Crippen LogP contribution is 2.29. The van der Waals surface area contributed by atoms with Gasteiger partial charge in [-0.1, -0.05) is 35.9 Å². The van der Waals surface area contributed by atoms with Crippen molar-refractivity contribution in [2.45, 2.75) is 6.54 Å². The predicted octanol–water partition coefficient (Wildman–Crippen LogP) is 4.86. The Morgan fingerprint density at radius 2 is 1.79 bits per heavy atom. The Labute approximate surface area is 198 Å². The van der Waals surface area contributed by atoms with E-state index in [9.17, 15) is 18.8 Å². The minimum atomic E-state index is -1.05. The number of aromatic nitrogens is 1. The number of carbonyl (C=O) groups excluding carboxylic acids is 2. The Bertz CT molecular complexity index is 1450. The largest absolute Gasteiger partial charge is 0.514 e. The van der Waals surface area contributed by atoms with Crippen molar-refractivity contribution < 1.29 is 23.5 Å². The predicted molar refractivity (Wildman–Crippen MR) is 125 cm³/mol. The van der Waals surface area contributed by atoms with Crippen molar-refractivity contribution in [3.8, 4) is 11.6 Å². The molecule has 1 aromatic heterocycles. The van der Waals surface area contributed by atoms with E-state index in [2.05, 4.69) is 10.1 Å². The van der Waals surface area contributed by atoms with Gasteiger partial charge < -0.3 is 14.8 Å². The first kappa shape index (κ1) is 23.0. The number of methoxy groups -OCH3 is 1. The minimum Gasteiger partial charge on any atom is -0.437 e. The summed E-state index contributed by atoms with van der Waals surface area (Å²) in [7, 11) is 1.14. The molecular weight excluding hydrogens is 463 g/mol. The zero-order chi connectivity index (χ0) is 24.2. The van der Waals surface area contributed by atoms with Crippen LogP contribution in [0.25, 0.3) is 16.6 Å². The Hall–Kier alpha value is -4.17. The van der Waals surface area contributed by atoms with Gasteiger partial charge >= 0.3 is 6.16 Å². The highest BCUT2D eigenvalue weighted by molar-refractivity contribution is 6.31. The third-order valence-corrected chi connectivity index (χ3v) is 5.29. The maximum atomic E-state index is 13.5. The normalized spacial score (nSPS) is 10.7. The van der Waals surface area contributed by atoms with Gasteiger partial charge in [-0.25, -0.2) is 9.18 Å². The van der Waals surface area contributed by atoms with Gasteiger partial charge in [0.05, 0.1) is 24.7 Å². The number of nitrogens with zero attached hydrogens (tertiary/aromatic N) is 1. The van der Waals surface area contributed by atoms with Gasteiger partial charge in [-0.2, -0.15) is 0 Å². The third-order valence-electron chi connectivity index (χ3n) is 5.05. The maximum absolute atomic E-state index is 13.5. The van der Waals surface area contributed by atoms with Crippen LogP contribution in [0.3, 0.4) is 0 Å². The first-order valence-corrected chi connectivity index (χ1v) is 10.5. The van der Waals surface area contributed by atoms with Crippen molar-refractivity contribution in [2.75, 3.05) is 7.11 Å². The number of benzene rings is 3. The van der Waals surface area contributed by atoms with Crippen molar-refractivity contribution in [2.24, 2.45) is 0 Å². The van der Waals surface area contributed by atoms with Crippen molar-refractivity contribution >= 4 is 34.6 Å². The molecule has 0 fully saturated rings. The quantitative estimate of drug-likeness (QED) is 0.412. The molecule has 0 aliphatic heterocycles. The molecule has 4 aromatic rings. The number of halogens is 2. The number of hydrogen-bond acceptors (Lipinski definition) is 5. The van der Waals surface area contributed by atoms with Crippen LogP contribution < -0.4 is 15.5 Å². The van der Waals surface area contributed by atoms with E-state index in [-0.39, 0.29) is 23.6 Å². The summed E-state index contributed by atoms with van der Waals surface area (Å²) in [4.78, 5) is 38.1. The summed E-state index contributed by atoms with van der Waals surface area (Å²) in [5, 5.41) is 3.25. The molecule has 1 heterocycles. The molecule has 1 amide bonds. The summed E-state index contributed by atoms with van der Waals surface area (Å²) >= 11 is 6.20. The number of rotatable bonds is 5. The maximum Gasteiger partial charge on any atom is 0.514 e. The molecule has 0 bridgehead atoms. The van der Waals surface area contributed by atoms with E-state index in [0.29, 0.717) is 21.6 Å². The molecule has 1 N–H and O–H groups in total.